The first-order valence-corrected chi connectivity index (χ1v) is 11.6. The highest BCUT2D eigenvalue weighted by atomic mass is 32.2. The van der Waals surface area contributed by atoms with E-state index < -0.39 is 16.1 Å². The molecule has 0 aliphatic carbocycles. The second kappa shape index (κ2) is 9.17. The zero-order valence-electron chi connectivity index (χ0n) is 17.3. The number of carbonyl (C=O) groups is 1. The molecule has 3 aromatic carbocycles. The first-order chi connectivity index (χ1) is 14.3. The summed E-state index contributed by atoms with van der Waals surface area (Å²) in [6.45, 7) is 2.30. The van der Waals surface area contributed by atoms with Crippen LogP contribution in [0.1, 0.15) is 18.9 Å². The molecule has 1 unspecified atom stereocenters. The van der Waals surface area contributed by atoms with Crippen LogP contribution < -0.4 is 14.4 Å². The van der Waals surface area contributed by atoms with E-state index in [9.17, 15) is 13.2 Å². The Morgan fingerprint density at radius 2 is 1.70 bits per heavy atom. The summed E-state index contributed by atoms with van der Waals surface area (Å²) >= 11 is 0. The Labute approximate surface area is 177 Å². The predicted molar refractivity (Wildman–Crippen MR) is 120 cm³/mol. The number of sulfonamides is 1. The second-order valence-electron chi connectivity index (χ2n) is 7.14. The highest BCUT2D eigenvalue weighted by molar-refractivity contribution is 7.92. The summed E-state index contributed by atoms with van der Waals surface area (Å²) in [4.78, 5) is 12.6. The number of benzene rings is 3. The zero-order chi connectivity index (χ0) is 21.7. The fraction of sp³-hybridized carbons (Fsp3) is 0.261. The molecule has 158 valence electrons. The van der Waals surface area contributed by atoms with Crippen LogP contribution in [0, 0.1) is 0 Å². The molecule has 0 bridgehead atoms. The maximum absolute atomic E-state index is 12.6. The largest absolute Gasteiger partial charge is 0.481 e. The van der Waals surface area contributed by atoms with Gasteiger partial charge in [0.05, 0.1) is 11.9 Å². The van der Waals surface area contributed by atoms with Crippen LogP contribution >= 0.6 is 0 Å². The molecule has 6 nitrogen and oxygen atoms in total. The van der Waals surface area contributed by atoms with Crippen LogP contribution in [-0.4, -0.2) is 33.7 Å². The molecule has 0 aliphatic rings. The lowest BCUT2D eigenvalue weighted by molar-refractivity contribution is -0.128. The van der Waals surface area contributed by atoms with Gasteiger partial charge in [0, 0.05) is 13.6 Å². The second-order valence-corrected chi connectivity index (χ2v) is 9.15. The van der Waals surface area contributed by atoms with Gasteiger partial charge in [0.1, 0.15) is 5.75 Å². The molecule has 3 rings (SSSR count). The Morgan fingerprint density at radius 1 is 1.03 bits per heavy atom. The molecule has 0 fully saturated rings. The quantitative estimate of drug-likeness (QED) is 0.596. The fourth-order valence-corrected chi connectivity index (χ4v) is 3.57. The van der Waals surface area contributed by atoms with Crippen LogP contribution in [0.15, 0.2) is 66.7 Å². The van der Waals surface area contributed by atoms with Crippen LogP contribution in [0.4, 0.5) is 5.69 Å². The molecule has 3 aromatic rings. The Hall–Kier alpha value is -3.06. The molecule has 0 spiro atoms. The van der Waals surface area contributed by atoms with E-state index in [2.05, 4.69) is 17.4 Å². The van der Waals surface area contributed by atoms with Crippen molar-refractivity contribution in [2.45, 2.75) is 26.0 Å². The van der Waals surface area contributed by atoms with Gasteiger partial charge in [0.15, 0.2) is 6.10 Å². The molecule has 0 saturated heterocycles. The first-order valence-electron chi connectivity index (χ1n) is 9.74. The van der Waals surface area contributed by atoms with E-state index in [0.29, 0.717) is 24.4 Å². The van der Waals surface area contributed by atoms with Gasteiger partial charge in [0.25, 0.3) is 5.91 Å². The van der Waals surface area contributed by atoms with Crippen molar-refractivity contribution >= 4 is 32.4 Å². The molecule has 7 heteroatoms. The van der Waals surface area contributed by atoms with Gasteiger partial charge in [-0.3, -0.25) is 9.10 Å². The van der Waals surface area contributed by atoms with Crippen molar-refractivity contribution in [3.63, 3.8) is 0 Å². The van der Waals surface area contributed by atoms with Crippen LogP contribution in [0.25, 0.3) is 10.8 Å². The van der Waals surface area contributed by atoms with Crippen LogP contribution in [0.3, 0.4) is 0 Å². The number of amides is 1. The maximum atomic E-state index is 12.6. The SMILES string of the molecule is CCC(Oc1ccc(N(C)S(C)(=O)=O)cc1)C(=O)NCc1ccc2ccccc2c1. The summed E-state index contributed by atoms with van der Waals surface area (Å²) < 4.78 is 30.3. The number of nitrogens with one attached hydrogen (secondary N) is 1. The predicted octanol–water partition coefficient (Wildman–Crippen LogP) is 3.71. The number of fused-ring (bicyclic) bond motifs is 1. The van der Waals surface area contributed by atoms with Gasteiger partial charge in [0.2, 0.25) is 10.0 Å². The van der Waals surface area contributed by atoms with Gasteiger partial charge in [-0.25, -0.2) is 8.42 Å². The maximum Gasteiger partial charge on any atom is 0.261 e. The van der Waals surface area contributed by atoms with Gasteiger partial charge in [-0.1, -0.05) is 43.3 Å². The number of ether oxygens (including phenoxy) is 1. The summed E-state index contributed by atoms with van der Waals surface area (Å²) in [6, 6.07) is 20.8. The number of carbonyl (C=O) groups excluding carboxylic acids is 1. The number of hydrogen-bond donors (Lipinski definition) is 1. The topological polar surface area (TPSA) is 75.7 Å². The molecule has 0 saturated carbocycles. The molecule has 1 atom stereocenters. The molecule has 0 aromatic heterocycles. The van der Waals surface area contributed by atoms with Crippen molar-refractivity contribution in [1.29, 1.82) is 0 Å². The van der Waals surface area contributed by atoms with Crippen LogP contribution in [-0.2, 0) is 21.4 Å². The summed E-state index contributed by atoms with van der Waals surface area (Å²) in [5.74, 6) is 0.316. The lowest BCUT2D eigenvalue weighted by atomic mass is 10.1. The molecule has 0 aliphatic heterocycles. The average Bonchev–Trinajstić information content (AvgIpc) is 2.75. The summed E-state index contributed by atoms with van der Waals surface area (Å²) in [5.41, 5.74) is 1.55. The highest BCUT2D eigenvalue weighted by Crippen LogP contribution is 2.22. The third kappa shape index (κ3) is 5.30. The van der Waals surface area contributed by atoms with E-state index in [0.717, 1.165) is 22.6 Å². The monoisotopic (exact) mass is 426 g/mol. The molecule has 30 heavy (non-hydrogen) atoms. The summed E-state index contributed by atoms with van der Waals surface area (Å²) in [7, 11) is -1.84. The molecular formula is C23H26N2O4S. The van der Waals surface area contributed by atoms with E-state index in [4.69, 9.17) is 4.74 Å². The number of nitrogens with zero attached hydrogens (tertiary/aromatic N) is 1. The standard InChI is InChI=1S/C23H26N2O4S/c1-4-22(29-21-13-11-20(12-14-21)25(2)30(3,27)28)23(26)24-16-17-9-10-18-7-5-6-8-19(18)15-17/h5-15,22H,4,16H2,1-3H3,(H,24,26). The Kier molecular flexibility index (Phi) is 6.62. The third-order valence-electron chi connectivity index (χ3n) is 4.92. The fourth-order valence-electron chi connectivity index (χ4n) is 3.06. The summed E-state index contributed by atoms with van der Waals surface area (Å²) in [5, 5.41) is 5.22. The molecule has 0 heterocycles. The molecule has 0 radical (unpaired) electrons. The van der Waals surface area contributed by atoms with Gasteiger partial charge in [-0.05, 0) is 53.1 Å². The Balaban J connectivity index is 1.61. The lowest BCUT2D eigenvalue weighted by Gasteiger charge is -2.19. The van der Waals surface area contributed by atoms with Crippen molar-refractivity contribution in [3.8, 4) is 5.75 Å². The molecular weight excluding hydrogens is 400 g/mol. The van der Waals surface area contributed by atoms with E-state index >= 15 is 0 Å². The average molecular weight is 427 g/mol. The zero-order valence-corrected chi connectivity index (χ0v) is 18.1. The summed E-state index contributed by atoms with van der Waals surface area (Å²) in [6.07, 6.45) is 1.02. The van der Waals surface area contributed by atoms with Gasteiger partial charge < -0.3 is 10.1 Å². The van der Waals surface area contributed by atoms with Crippen LogP contribution in [0.5, 0.6) is 5.75 Å². The normalized spacial score (nSPS) is 12.4. The minimum atomic E-state index is -3.33. The number of rotatable bonds is 8. The van der Waals surface area contributed by atoms with E-state index in [-0.39, 0.29) is 5.91 Å². The smallest absolute Gasteiger partial charge is 0.261 e. The lowest BCUT2D eigenvalue weighted by Crippen LogP contribution is -2.37. The van der Waals surface area contributed by atoms with E-state index in [1.54, 1.807) is 24.3 Å². The van der Waals surface area contributed by atoms with Gasteiger partial charge in [-0.15, -0.1) is 0 Å². The first kappa shape index (κ1) is 21.6. The van der Waals surface area contributed by atoms with Crippen molar-refractivity contribution in [2.24, 2.45) is 0 Å². The third-order valence-corrected chi connectivity index (χ3v) is 6.13. The van der Waals surface area contributed by atoms with Crippen molar-refractivity contribution in [1.82, 2.24) is 5.32 Å². The van der Waals surface area contributed by atoms with Crippen molar-refractivity contribution in [2.75, 3.05) is 17.6 Å². The highest BCUT2D eigenvalue weighted by Gasteiger charge is 2.19. The van der Waals surface area contributed by atoms with Crippen molar-refractivity contribution < 1.29 is 17.9 Å². The van der Waals surface area contributed by atoms with Gasteiger partial charge in [-0.2, -0.15) is 0 Å². The van der Waals surface area contributed by atoms with Gasteiger partial charge >= 0.3 is 0 Å². The van der Waals surface area contributed by atoms with E-state index in [1.165, 1.54) is 11.4 Å². The van der Waals surface area contributed by atoms with Crippen molar-refractivity contribution in [3.05, 3.63) is 72.3 Å². The van der Waals surface area contributed by atoms with Crippen LogP contribution in [0.2, 0.25) is 0 Å². The van der Waals surface area contributed by atoms with E-state index in [1.807, 2.05) is 37.3 Å². The molecule has 1 N–H and O–H groups in total. The number of hydrogen-bond acceptors (Lipinski definition) is 4. The minimum Gasteiger partial charge on any atom is -0.481 e. The molecule has 1 amide bonds. The Bertz CT molecular complexity index is 1130. The minimum absolute atomic E-state index is 0.192. The Morgan fingerprint density at radius 3 is 2.33 bits per heavy atom. The number of anilines is 1.